The number of hydrogen-bond donors (Lipinski definition) is 0. The average molecular weight is 340 g/mol. The third kappa shape index (κ3) is 2.96. The molecule has 0 radical (unpaired) electrons. The Bertz CT molecular complexity index is 821. The lowest BCUT2D eigenvalue weighted by atomic mass is 10.2. The summed E-state index contributed by atoms with van der Waals surface area (Å²) in [6.45, 7) is 11.6. The van der Waals surface area contributed by atoms with Gasteiger partial charge in [0, 0.05) is 0 Å². The fourth-order valence-electron chi connectivity index (χ4n) is 2.56. The van der Waals surface area contributed by atoms with Crippen LogP contribution in [0.4, 0.5) is 0 Å². The molecule has 0 amide bonds. The van der Waals surface area contributed by atoms with Crippen molar-refractivity contribution in [1.82, 2.24) is 15.0 Å². The van der Waals surface area contributed by atoms with E-state index < -0.39 is 8.07 Å². The molecule has 0 spiro atoms. The number of nitrogens with zero attached hydrogens (tertiary/aromatic N) is 3. The number of para-hydroxylation sites is 2. The molecule has 0 N–H and O–H groups in total. The molecule has 0 fully saturated rings. The summed E-state index contributed by atoms with van der Waals surface area (Å²) in [5, 5.41) is 8.93. The van der Waals surface area contributed by atoms with E-state index in [1.165, 1.54) is 0 Å². The summed E-state index contributed by atoms with van der Waals surface area (Å²) >= 11 is 0. The van der Waals surface area contributed by atoms with E-state index in [-0.39, 0.29) is 10.9 Å². The molecule has 3 aromatic rings. The smallest absolute Gasteiger partial charge is 0.176 e. The Labute approximate surface area is 144 Å². The minimum absolute atomic E-state index is 0.132. The molecule has 0 aliphatic carbocycles. The Hall–Kier alpha value is -2.14. The fraction of sp³-hybridized carbons (Fsp3) is 0.368. The van der Waals surface area contributed by atoms with E-state index in [1.807, 2.05) is 53.2 Å². The minimum atomic E-state index is -1.90. The lowest BCUT2D eigenvalue weighted by Gasteiger charge is -2.42. The maximum absolute atomic E-state index is 6.48. The Kier molecular flexibility index (Phi) is 4.21. The molecule has 24 heavy (non-hydrogen) atoms. The topological polar surface area (TPSA) is 39.9 Å². The average Bonchev–Trinajstić information content (AvgIpc) is 2.96. The Morgan fingerprint density at radius 3 is 2.25 bits per heavy atom. The third-order valence-electron chi connectivity index (χ3n) is 5.14. The van der Waals surface area contributed by atoms with E-state index in [0.29, 0.717) is 0 Å². The Morgan fingerprint density at radius 2 is 1.58 bits per heavy atom. The van der Waals surface area contributed by atoms with Crippen LogP contribution in [-0.2, 0) is 0 Å². The van der Waals surface area contributed by atoms with E-state index in [4.69, 9.17) is 4.74 Å². The van der Waals surface area contributed by atoms with Gasteiger partial charge in [0.1, 0.15) is 19.3 Å². The molecule has 0 aliphatic heterocycles. The monoisotopic (exact) mass is 339 g/mol. The molecular formula is C19H25N3OSi. The zero-order valence-electron chi connectivity index (χ0n) is 15.0. The normalized spacial score (nSPS) is 13.9. The van der Waals surface area contributed by atoms with Gasteiger partial charge < -0.3 is 4.74 Å². The molecule has 1 unspecified atom stereocenters. The standard InChI is InChI=1S/C19H25N3OSi/c1-19(2,3)24(4,5)18(23-15-11-7-6-8-12-15)22-17-14-10-9-13-16(17)20-21-22/h6-14,18H,1-5H3. The van der Waals surface area contributed by atoms with Crippen molar-refractivity contribution in [2.24, 2.45) is 0 Å². The highest BCUT2D eigenvalue weighted by atomic mass is 28.3. The largest absolute Gasteiger partial charge is 0.472 e. The number of ether oxygens (including phenoxy) is 1. The maximum Gasteiger partial charge on any atom is 0.176 e. The molecule has 126 valence electrons. The van der Waals surface area contributed by atoms with Crippen LogP contribution in [0, 0.1) is 0 Å². The fourth-order valence-corrected chi connectivity index (χ4v) is 4.54. The van der Waals surface area contributed by atoms with Crippen molar-refractivity contribution >= 4 is 19.1 Å². The van der Waals surface area contributed by atoms with E-state index in [1.54, 1.807) is 0 Å². The summed E-state index contributed by atoms with van der Waals surface area (Å²) in [6.07, 6.45) is 0. The maximum atomic E-state index is 6.48. The molecule has 3 rings (SSSR count). The Morgan fingerprint density at radius 1 is 0.958 bits per heavy atom. The van der Waals surface area contributed by atoms with E-state index >= 15 is 0 Å². The minimum Gasteiger partial charge on any atom is -0.472 e. The predicted molar refractivity (Wildman–Crippen MR) is 101 cm³/mol. The number of hydrogen-bond acceptors (Lipinski definition) is 3. The first-order chi connectivity index (χ1) is 11.3. The third-order valence-corrected chi connectivity index (χ3v) is 10.6. The molecular weight excluding hydrogens is 314 g/mol. The van der Waals surface area contributed by atoms with Gasteiger partial charge in [-0.3, -0.25) is 0 Å². The summed E-state index contributed by atoms with van der Waals surface area (Å²) in [5.41, 5.74) is 1.92. The van der Waals surface area contributed by atoms with Gasteiger partial charge in [0.25, 0.3) is 0 Å². The van der Waals surface area contributed by atoms with Crippen LogP contribution < -0.4 is 4.74 Å². The van der Waals surface area contributed by atoms with Crippen LogP contribution >= 0.6 is 0 Å². The zero-order chi connectivity index (χ0) is 17.4. The van der Waals surface area contributed by atoms with Crippen molar-refractivity contribution in [1.29, 1.82) is 0 Å². The second-order valence-electron chi connectivity index (χ2n) is 7.78. The Balaban J connectivity index is 2.11. The van der Waals surface area contributed by atoms with E-state index in [0.717, 1.165) is 16.8 Å². The van der Waals surface area contributed by atoms with Crippen LogP contribution in [0.5, 0.6) is 5.75 Å². The summed E-state index contributed by atoms with van der Waals surface area (Å²) in [5.74, 6) is 0.735. The van der Waals surface area contributed by atoms with Gasteiger partial charge in [0.2, 0.25) is 0 Å². The van der Waals surface area contributed by atoms with Gasteiger partial charge in [0.15, 0.2) is 5.85 Å². The molecule has 4 nitrogen and oxygen atoms in total. The van der Waals surface area contributed by atoms with Gasteiger partial charge in [-0.25, -0.2) is 4.68 Å². The molecule has 2 aromatic carbocycles. The molecule has 1 atom stereocenters. The van der Waals surface area contributed by atoms with E-state index in [9.17, 15) is 0 Å². The highest BCUT2D eigenvalue weighted by molar-refractivity contribution is 6.80. The first-order valence-electron chi connectivity index (χ1n) is 8.32. The van der Waals surface area contributed by atoms with E-state index in [2.05, 4.69) is 50.2 Å². The quantitative estimate of drug-likeness (QED) is 0.624. The summed E-state index contributed by atoms with van der Waals surface area (Å²) in [4.78, 5) is 0. The second kappa shape index (κ2) is 6.05. The van der Waals surface area contributed by atoms with Gasteiger partial charge >= 0.3 is 0 Å². The molecule has 0 aliphatic rings. The highest BCUT2D eigenvalue weighted by Gasteiger charge is 2.46. The summed E-state index contributed by atoms with van der Waals surface area (Å²) < 4.78 is 8.45. The predicted octanol–water partition coefficient (Wildman–Crippen LogP) is 5.06. The molecule has 5 heteroatoms. The van der Waals surface area contributed by atoms with Crippen molar-refractivity contribution in [3.8, 4) is 5.75 Å². The lowest BCUT2D eigenvalue weighted by Crippen LogP contribution is -2.49. The van der Waals surface area contributed by atoms with Gasteiger partial charge in [-0.05, 0) is 29.3 Å². The number of rotatable bonds is 4. The second-order valence-corrected chi connectivity index (χ2v) is 13.2. The van der Waals surface area contributed by atoms with Gasteiger partial charge in [-0.1, -0.05) is 69.4 Å². The number of benzene rings is 2. The van der Waals surface area contributed by atoms with Gasteiger partial charge in [-0.15, -0.1) is 5.10 Å². The van der Waals surface area contributed by atoms with Crippen LogP contribution in [-0.4, -0.2) is 23.1 Å². The van der Waals surface area contributed by atoms with Crippen LogP contribution in [0.2, 0.25) is 18.1 Å². The van der Waals surface area contributed by atoms with Crippen molar-refractivity contribution in [2.45, 2.75) is 44.8 Å². The van der Waals surface area contributed by atoms with Crippen LogP contribution in [0.3, 0.4) is 0 Å². The molecule has 1 heterocycles. The van der Waals surface area contributed by atoms with Gasteiger partial charge in [-0.2, -0.15) is 0 Å². The van der Waals surface area contributed by atoms with Crippen molar-refractivity contribution in [3.63, 3.8) is 0 Å². The highest BCUT2D eigenvalue weighted by Crippen LogP contribution is 2.43. The molecule has 1 aromatic heterocycles. The van der Waals surface area contributed by atoms with Gasteiger partial charge in [0.05, 0.1) is 5.52 Å². The van der Waals surface area contributed by atoms with Crippen LogP contribution in [0.25, 0.3) is 11.0 Å². The molecule has 0 bridgehead atoms. The zero-order valence-corrected chi connectivity index (χ0v) is 16.0. The first kappa shape index (κ1) is 16.7. The first-order valence-corrected chi connectivity index (χ1v) is 11.4. The summed E-state index contributed by atoms with van der Waals surface area (Å²) in [6, 6.07) is 18.1. The van der Waals surface area contributed by atoms with Crippen LogP contribution in [0.15, 0.2) is 54.6 Å². The van der Waals surface area contributed by atoms with Crippen molar-refractivity contribution < 1.29 is 4.74 Å². The number of fused-ring (bicyclic) bond motifs is 1. The molecule has 0 saturated carbocycles. The SMILES string of the molecule is CC(C)(C)[Si](C)(C)C(Oc1ccccc1)n1nnc2ccccc21. The van der Waals surface area contributed by atoms with Crippen LogP contribution in [0.1, 0.15) is 26.6 Å². The molecule has 0 saturated heterocycles. The summed E-state index contributed by atoms with van der Waals surface area (Å²) in [7, 11) is -1.90. The number of aromatic nitrogens is 3. The lowest BCUT2D eigenvalue weighted by molar-refractivity contribution is 0.185. The van der Waals surface area contributed by atoms with Crippen molar-refractivity contribution in [3.05, 3.63) is 54.6 Å². The van der Waals surface area contributed by atoms with Crippen molar-refractivity contribution in [2.75, 3.05) is 0 Å².